The summed E-state index contributed by atoms with van der Waals surface area (Å²) in [6.45, 7) is 1.54. The number of aromatic hydroxyl groups is 1. The molecule has 1 aromatic heterocycles. The van der Waals surface area contributed by atoms with Gasteiger partial charge < -0.3 is 5.11 Å². The minimum atomic E-state index is -0.356. The lowest BCUT2D eigenvalue weighted by Crippen LogP contribution is -2.15. The average Bonchev–Trinajstić information content (AvgIpc) is 2.39. The minimum Gasteiger partial charge on any atom is -0.506 e. The highest BCUT2D eigenvalue weighted by Gasteiger charge is 2.05. The number of anilines is 1. The summed E-state index contributed by atoms with van der Waals surface area (Å²) in [5.41, 5.74) is 2.80. The topological polar surface area (TPSA) is 103 Å². The van der Waals surface area contributed by atoms with Gasteiger partial charge >= 0.3 is 0 Å². The number of aromatic nitrogens is 3. The van der Waals surface area contributed by atoms with Crippen LogP contribution in [0.3, 0.4) is 0 Å². The second-order valence-electron chi connectivity index (χ2n) is 3.78. The monoisotopic (exact) mass is 357 g/mol. The van der Waals surface area contributed by atoms with Crippen LogP contribution in [0.2, 0.25) is 5.02 Å². The Hall–Kier alpha value is -1.93. The molecule has 0 saturated heterocycles. The van der Waals surface area contributed by atoms with Crippen molar-refractivity contribution in [2.75, 3.05) is 5.43 Å². The van der Waals surface area contributed by atoms with Gasteiger partial charge in [-0.25, -0.2) is 5.43 Å². The van der Waals surface area contributed by atoms with Crippen molar-refractivity contribution < 1.29 is 5.11 Å². The molecule has 0 unspecified atom stereocenters. The van der Waals surface area contributed by atoms with E-state index >= 15 is 0 Å². The third-order valence-corrected chi connectivity index (χ3v) is 3.04. The van der Waals surface area contributed by atoms with Gasteiger partial charge in [-0.2, -0.15) is 5.10 Å². The zero-order valence-electron chi connectivity index (χ0n) is 10.2. The lowest BCUT2D eigenvalue weighted by Gasteiger charge is -2.02. The molecule has 0 aliphatic rings. The van der Waals surface area contributed by atoms with Gasteiger partial charge in [-0.15, -0.1) is 10.2 Å². The molecule has 2 aromatic rings. The van der Waals surface area contributed by atoms with E-state index in [1.807, 2.05) is 0 Å². The van der Waals surface area contributed by atoms with E-state index in [0.29, 0.717) is 10.0 Å². The van der Waals surface area contributed by atoms with E-state index < -0.39 is 0 Å². The molecule has 0 atom stereocenters. The van der Waals surface area contributed by atoms with E-state index in [-0.39, 0.29) is 28.0 Å². The number of halogens is 2. The molecular weight excluding hydrogens is 350 g/mol. The maximum atomic E-state index is 11.3. The summed E-state index contributed by atoms with van der Waals surface area (Å²) < 4.78 is 0.699. The zero-order chi connectivity index (χ0) is 14.7. The van der Waals surface area contributed by atoms with Crippen molar-refractivity contribution in [1.29, 1.82) is 0 Å². The summed E-state index contributed by atoms with van der Waals surface area (Å²) >= 11 is 9.08. The molecular formula is C11H9BrClN5O2. The van der Waals surface area contributed by atoms with Crippen LogP contribution in [0.1, 0.15) is 11.3 Å². The summed E-state index contributed by atoms with van der Waals surface area (Å²) in [7, 11) is 0. The molecule has 2 rings (SSSR count). The molecule has 104 valence electrons. The van der Waals surface area contributed by atoms with Crippen LogP contribution in [0.4, 0.5) is 5.95 Å². The number of phenolic OH excluding ortho intramolecular Hbond substituents is 1. The van der Waals surface area contributed by atoms with Crippen LogP contribution >= 0.6 is 27.5 Å². The number of nitrogens with one attached hydrogen (secondary N) is 2. The quantitative estimate of drug-likeness (QED) is 0.575. The Morgan fingerprint density at radius 3 is 2.95 bits per heavy atom. The van der Waals surface area contributed by atoms with Crippen LogP contribution in [0.5, 0.6) is 5.75 Å². The van der Waals surface area contributed by atoms with Crippen LogP contribution < -0.4 is 11.0 Å². The van der Waals surface area contributed by atoms with Crippen molar-refractivity contribution in [2.24, 2.45) is 5.10 Å². The Balaban J connectivity index is 2.18. The molecule has 0 amide bonds. The van der Waals surface area contributed by atoms with Gasteiger partial charge in [-0.3, -0.25) is 9.78 Å². The van der Waals surface area contributed by atoms with Gasteiger partial charge in [0.2, 0.25) is 5.95 Å². The van der Waals surface area contributed by atoms with Gasteiger partial charge in [0.1, 0.15) is 11.4 Å². The maximum absolute atomic E-state index is 11.3. The first-order chi connectivity index (χ1) is 9.47. The lowest BCUT2D eigenvalue weighted by molar-refractivity contribution is 0.474. The largest absolute Gasteiger partial charge is 0.506 e. The summed E-state index contributed by atoms with van der Waals surface area (Å²) in [5.74, 6) is 0.00124. The van der Waals surface area contributed by atoms with E-state index in [9.17, 15) is 9.90 Å². The first-order valence-electron chi connectivity index (χ1n) is 5.38. The number of aryl methyl sites for hydroxylation is 1. The van der Waals surface area contributed by atoms with Gasteiger partial charge in [0, 0.05) is 10.0 Å². The number of nitrogens with zero attached hydrogens (tertiary/aromatic N) is 3. The highest BCUT2D eigenvalue weighted by molar-refractivity contribution is 9.10. The van der Waals surface area contributed by atoms with Crippen LogP contribution in [0, 0.1) is 6.92 Å². The molecule has 7 nitrogen and oxygen atoms in total. The summed E-state index contributed by atoms with van der Waals surface area (Å²) in [4.78, 5) is 13.8. The highest BCUT2D eigenvalue weighted by atomic mass is 79.9. The molecule has 0 spiro atoms. The van der Waals surface area contributed by atoms with E-state index in [1.165, 1.54) is 6.21 Å². The predicted molar refractivity (Wildman–Crippen MR) is 79.4 cm³/mol. The summed E-state index contributed by atoms with van der Waals surface area (Å²) in [5, 5.41) is 21.1. The van der Waals surface area contributed by atoms with E-state index in [2.05, 4.69) is 41.6 Å². The lowest BCUT2D eigenvalue weighted by atomic mass is 10.2. The van der Waals surface area contributed by atoms with Crippen LogP contribution in [0.15, 0.2) is 26.5 Å². The fraction of sp³-hybridized carbons (Fsp3) is 0.0909. The van der Waals surface area contributed by atoms with Crippen molar-refractivity contribution in [3.63, 3.8) is 0 Å². The molecule has 9 heteroatoms. The fourth-order valence-corrected chi connectivity index (χ4v) is 2.12. The standard InChI is InChI=1S/C11H9BrClN5O2/c1-5-10(20)15-11(18-16-5)17-14-4-6-2-7(12)3-8(13)9(6)19/h2-4,19H,1H3,(H2,15,17,18,20)/b14-4+. The molecule has 3 N–H and O–H groups in total. The Kier molecular flexibility index (Phi) is 4.35. The first kappa shape index (κ1) is 14.5. The number of rotatable bonds is 3. The van der Waals surface area contributed by atoms with Gasteiger partial charge in [-0.1, -0.05) is 27.5 Å². The molecule has 1 aromatic carbocycles. The Bertz CT molecular complexity index is 731. The van der Waals surface area contributed by atoms with Gasteiger partial charge in [-0.05, 0) is 19.1 Å². The number of H-pyrrole nitrogens is 1. The second kappa shape index (κ2) is 6.02. The van der Waals surface area contributed by atoms with Crippen LogP contribution in [0.25, 0.3) is 0 Å². The predicted octanol–water partition coefficient (Wildman–Crippen LogP) is 2.04. The van der Waals surface area contributed by atoms with Crippen LogP contribution in [-0.4, -0.2) is 26.5 Å². The van der Waals surface area contributed by atoms with Crippen molar-refractivity contribution in [3.05, 3.63) is 43.2 Å². The molecule has 0 fully saturated rings. The Labute approximate surface area is 126 Å². The first-order valence-corrected chi connectivity index (χ1v) is 6.55. The molecule has 0 aliphatic carbocycles. The smallest absolute Gasteiger partial charge is 0.274 e. The number of phenols is 1. The third-order valence-electron chi connectivity index (χ3n) is 2.29. The molecule has 0 bridgehead atoms. The summed E-state index contributed by atoms with van der Waals surface area (Å²) in [6, 6.07) is 3.19. The number of hydrazone groups is 1. The molecule has 0 radical (unpaired) electrons. The number of hydrogen-bond acceptors (Lipinski definition) is 6. The third kappa shape index (κ3) is 3.34. The maximum Gasteiger partial charge on any atom is 0.274 e. The zero-order valence-corrected chi connectivity index (χ0v) is 12.5. The molecule has 0 aliphatic heterocycles. The normalized spacial score (nSPS) is 10.9. The Morgan fingerprint density at radius 2 is 2.25 bits per heavy atom. The number of hydrogen-bond donors (Lipinski definition) is 3. The van der Waals surface area contributed by atoms with Crippen LogP contribution in [-0.2, 0) is 0 Å². The second-order valence-corrected chi connectivity index (χ2v) is 5.11. The average molecular weight is 359 g/mol. The Morgan fingerprint density at radius 1 is 1.50 bits per heavy atom. The highest BCUT2D eigenvalue weighted by Crippen LogP contribution is 2.30. The number of aromatic amines is 1. The van der Waals surface area contributed by atoms with Crippen molar-refractivity contribution >= 4 is 39.7 Å². The SMILES string of the molecule is Cc1nnc(N/N=C/c2cc(Br)cc(Cl)c2O)[nH]c1=O. The van der Waals surface area contributed by atoms with Crippen molar-refractivity contribution in [1.82, 2.24) is 15.2 Å². The summed E-state index contributed by atoms with van der Waals surface area (Å²) in [6.07, 6.45) is 1.34. The number of benzene rings is 1. The van der Waals surface area contributed by atoms with E-state index in [4.69, 9.17) is 11.6 Å². The van der Waals surface area contributed by atoms with Gasteiger partial charge in [0.15, 0.2) is 0 Å². The fourth-order valence-electron chi connectivity index (χ4n) is 1.29. The minimum absolute atomic E-state index is 0.0936. The van der Waals surface area contributed by atoms with Crippen molar-refractivity contribution in [2.45, 2.75) is 6.92 Å². The van der Waals surface area contributed by atoms with Gasteiger partial charge in [0.25, 0.3) is 5.56 Å². The molecule has 20 heavy (non-hydrogen) atoms. The molecule has 0 saturated carbocycles. The van der Waals surface area contributed by atoms with Gasteiger partial charge in [0.05, 0.1) is 11.2 Å². The molecule has 1 heterocycles. The van der Waals surface area contributed by atoms with E-state index in [1.54, 1.807) is 19.1 Å². The van der Waals surface area contributed by atoms with Crippen molar-refractivity contribution in [3.8, 4) is 5.75 Å². The van der Waals surface area contributed by atoms with E-state index in [0.717, 1.165) is 0 Å².